The number of hydrogen-bond donors (Lipinski definition) is 2. The third kappa shape index (κ3) is 4.13. The molecule has 2 aromatic carbocycles. The van der Waals surface area contributed by atoms with Gasteiger partial charge in [-0.05, 0) is 49.2 Å². The number of benzene rings is 2. The summed E-state index contributed by atoms with van der Waals surface area (Å²) in [5, 5.41) is 10.4. The van der Waals surface area contributed by atoms with Gasteiger partial charge in [0.2, 0.25) is 10.0 Å². The zero-order chi connectivity index (χ0) is 17.3. The molecule has 2 rings (SSSR count). The fourth-order valence-electron chi connectivity index (χ4n) is 2.05. The molecule has 1 unspecified atom stereocenters. The smallest absolute Gasteiger partial charge is 0.243 e. The minimum Gasteiger partial charge on any atom is -0.384 e. The van der Waals surface area contributed by atoms with Gasteiger partial charge in [0.05, 0.1) is 0 Å². The lowest BCUT2D eigenvalue weighted by Gasteiger charge is -2.24. The normalized spacial score (nSPS) is 14.5. The minimum absolute atomic E-state index is 0.339. The molecule has 0 amide bonds. The Labute approximate surface area is 133 Å². The van der Waals surface area contributed by atoms with Crippen molar-refractivity contribution in [1.29, 1.82) is 0 Å². The van der Waals surface area contributed by atoms with Crippen LogP contribution < -0.4 is 4.72 Å². The molecule has 0 radical (unpaired) electrons. The largest absolute Gasteiger partial charge is 0.384 e. The summed E-state index contributed by atoms with van der Waals surface area (Å²) >= 11 is 0. The van der Waals surface area contributed by atoms with Gasteiger partial charge < -0.3 is 5.11 Å². The van der Waals surface area contributed by atoms with Crippen LogP contribution in [0.25, 0.3) is 0 Å². The Kier molecular flexibility index (Phi) is 4.84. The van der Waals surface area contributed by atoms with Crippen LogP contribution in [0.3, 0.4) is 0 Å². The topological polar surface area (TPSA) is 66.4 Å². The molecule has 0 bridgehead atoms. The van der Waals surface area contributed by atoms with Crippen molar-refractivity contribution in [3.63, 3.8) is 0 Å². The molecule has 0 aromatic heterocycles. The molecule has 7 heteroatoms. The molecule has 23 heavy (non-hydrogen) atoms. The number of rotatable bonds is 5. The lowest BCUT2D eigenvalue weighted by Crippen LogP contribution is -2.38. The van der Waals surface area contributed by atoms with Gasteiger partial charge >= 0.3 is 0 Å². The maximum absolute atomic E-state index is 13.8. The first-order valence-corrected chi connectivity index (χ1v) is 8.34. The van der Waals surface area contributed by atoms with E-state index in [0.717, 1.165) is 18.2 Å². The molecule has 0 saturated carbocycles. The molecule has 124 valence electrons. The lowest BCUT2D eigenvalue weighted by molar-refractivity contribution is 0.0626. The SMILES string of the molecule is Cc1ccc(S(=O)(=O)NCC(C)(O)c2ccc(F)cc2)c(F)c1. The summed E-state index contributed by atoms with van der Waals surface area (Å²) in [4.78, 5) is -0.488. The average molecular weight is 341 g/mol. The van der Waals surface area contributed by atoms with Crippen LogP contribution in [0, 0.1) is 18.6 Å². The standard InChI is InChI=1S/C16H17F2NO3S/c1-11-3-8-15(14(18)9-11)23(21,22)19-10-16(2,20)12-4-6-13(17)7-5-12/h3-9,19-20H,10H2,1-2H3. The van der Waals surface area contributed by atoms with Crippen LogP contribution in [0.2, 0.25) is 0 Å². The van der Waals surface area contributed by atoms with Crippen LogP contribution in [0.4, 0.5) is 8.78 Å². The molecule has 1 atom stereocenters. The zero-order valence-corrected chi connectivity index (χ0v) is 13.5. The first kappa shape index (κ1) is 17.5. The van der Waals surface area contributed by atoms with E-state index in [1.54, 1.807) is 6.92 Å². The highest BCUT2D eigenvalue weighted by atomic mass is 32.2. The van der Waals surface area contributed by atoms with Gasteiger partial charge in [-0.2, -0.15) is 0 Å². The van der Waals surface area contributed by atoms with Gasteiger partial charge in [-0.1, -0.05) is 18.2 Å². The highest BCUT2D eigenvalue weighted by Gasteiger charge is 2.27. The maximum Gasteiger partial charge on any atom is 0.243 e. The predicted octanol–water partition coefficient (Wildman–Crippen LogP) is 2.46. The highest BCUT2D eigenvalue weighted by molar-refractivity contribution is 7.89. The van der Waals surface area contributed by atoms with Gasteiger partial charge in [-0.15, -0.1) is 0 Å². The maximum atomic E-state index is 13.8. The number of sulfonamides is 1. The van der Waals surface area contributed by atoms with E-state index >= 15 is 0 Å². The summed E-state index contributed by atoms with van der Waals surface area (Å²) in [6, 6.07) is 8.81. The number of hydrogen-bond acceptors (Lipinski definition) is 3. The molecule has 0 aliphatic carbocycles. The Balaban J connectivity index is 2.19. The zero-order valence-electron chi connectivity index (χ0n) is 12.7. The van der Waals surface area contributed by atoms with Crippen molar-refractivity contribution in [1.82, 2.24) is 4.72 Å². The van der Waals surface area contributed by atoms with Crippen molar-refractivity contribution < 1.29 is 22.3 Å². The van der Waals surface area contributed by atoms with E-state index in [9.17, 15) is 22.3 Å². The van der Waals surface area contributed by atoms with Crippen molar-refractivity contribution in [3.8, 4) is 0 Å². The molecule has 2 aromatic rings. The van der Waals surface area contributed by atoms with E-state index in [1.807, 2.05) is 0 Å². The molecular weight excluding hydrogens is 324 g/mol. The molecule has 0 spiro atoms. The second-order valence-electron chi connectivity index (χ2n) is 5.54. The van der Waals surface area contributed by atoms with Crippen molar-refractivity contribution in [2.45, 2.75) is 24.3 Å². The summed E-state index contributed by atoms with van der Waals surface area (Å²) in [6.45, 7) is 2.65. The third-order valence-corrected chi connectivity index (χ3v) is 4.88. The van der Waals surface area contributed by atoms with Crippen LogP contribution in [0.5, 0.6) is 0 Å². The van der Waals surface area contributed by atoms with E-state index < -0.39 is 32.2 Å². The van der Waals surface area contributed by atoms with E-state index in [2.05, 4.69) is 4.72 Å². The van der Waals surface area contributed by atoms with E-state index in [0.29, 0.717) is 11.1 Å². The first-order chi connectivity index (χ1) is 10.6. The first-order valence-electron chi connectivity index (χ1n) is 6.86. The van der Waals surface area contributed by atoms with Gasteiger partial charge in [-0.3, -0.25) is 0 Å². The summed E-state index contributed by atoms with van der Waals surface area (Å²) in [5.41, 5.74) is -0.632. The second-order valence-corrected chi connectivity index (χ2v) is 7.27. The summed E-state index contributed by atoms with van der Waals surface area (Å²) < 4.78 is 53.2. The number of aliphatic hydroxyl groups is 1. The Morgan fingerprint density at radius 1 is 1.13 bits per heavy atom. The molecule has 0 fully saturated rings. The van der Waals surface area contributed by atoms with E-state index in [-0.39, 0.29) is 6.54 Å². The average Bonchev–Trinajstić information content (AvgIpc) is 2.45. The fourth-order valence-corrected chi connectivity index (χ4v) is 3.24. The summed E-state index contributed by atoms with van der Waals surface area (Å²) in [7, 11) is -4.12. The molecule has 0 aliphatic heterocycles. The van der Waals surface area contributed by atoms with Gasteiger partial charge in [0.15, 0.2) is 0 Å². The van der Waals surface area contributed by atoms with Gasteiger partial charge in [0, 0.05) is 6.54 Å². The molecule has 2 N–H and O–H groups in total. The van der Waals surface area contributed by atoms with E-state index in [4.69, 9.17) is 0 Å². The number of aryl methyl sites for hydroxylation is 1. The fraction of sp³-hybridized carbons (Fsp3) is 0.250. The summed E-state index contributed by atoms with van der Waals surface area (Å²) in [5.74, 6) is -1.33. The number of halogens is 2. The summed E-state index contributed by atoms with van der Waals surface area (Å²) in [6.07, 6.45) is 0. The van der Waals surface area contributed by atoms with E-state index in [1.165, 1.54) is 31.2 Å². The third-order valence-electron chi connectivity index (χ3n) is 3.45. The Morgan fingerprint density at radius 2 is 1.74 bits per heavy atom. The molecule has 0 aliphatic rings. The predicted molar refractivity (Wildman–Crippen MR) is 82.3 cm³/mol. The van der Waals surface area contributed by atoms with Crippen molar-refractivity contribution in [2.24, 2.45) is 0 Å². The van der Waals surface area contributed by atoms with Crippen molar-refractivity contribution >= 4 is 10.0 Å². The lowest BCUT2D eigenvalue weighted by atomic mass is 9.96. The van der Waals surface area contributed by atoms with Crippen molar-refractivity contribution in [2.75, 3.05) is 6.54 Å². The van der Waals surface area contributed by atoms with Gasteiger partial charge in [0.1, 0.15) is 22.1 Å². The van der Waals surface area contributed by atoms with Gasteiger partial charge in [0.25, 0.3) is 0 Å². The quantitative estimate of drug-likeness (QED) is 0.878. The highest BCUT2D eigenvalue weighted by Crippen LogP contribution is 2.22. The van der Waals surface area contributed by atoms with Crippen LogP contribution >= 0.6 is 0 Å². The minimum atomic E-state index is -4.12. The molecular formula is C16H17F2NO3S. The Hall–Kier alpha value is -1.83. The number of nitrogens with one attached hydrogen (secondary N) is 1. The molecule has 4 nitrogen and oxygen atoms in total. The van der Waals surface area contributed by atoms with Crippen LogP contribution in [0.1, 0.15) is 18.1 Å². The van der Waals surface area contributed by atoms with Crippen molar-refractivity contribution in [3.05, 3.63) is 65.2 Å². The second kappa shape index (κ2) is 6.35. The van der Waals surface area contributed by atoms with Crippen LogP contribution in [-0.4, -0.2) is 20.1 Å². The van der Waals surface area contributed by atoms with Gasteiger partial charge in [-0.25, -0.2) is 21.9 Å². The van der Waals surface area contributed by atoms with Crippen LogP contribution in [0.15, 0.2) is 47.4 Å². The molecule has 0 saturated heterocycles. The Morgan fingerprint density at radius 3 is 2.30 bits per heavy atom. The monoisotopic (exact) mass is 341 g/mol. The Bertz CT molecular complexity index is 803. The van der Waals surface area contributed by atoms with Crippen LogP contribution in [-0.2, 0) is 15.6 Å². The molecule has 0 heterocycles.